The van der Waals surface area contributed by atoms with E-state index in [4.69, 9.17) is 20.9 Å². The molecule has 8 nitrogen and oxygen atoms in total. The number of nitrogens with one attached hydrogen (secondary N) is 2. The van der Waals surface area contributed by atoms with Gasteiger partial charge in [-0.3, -0.25) is 19.6 Å². The summed E-state index contributed by atoms with van der Waals surface area (Å²) in [6, 6.07) is 14.7. The molecule has 0 atom stereocenters. The number of pyridine rings is 2. The Morgan fingerprint density at radius 2 is 1.24 bits per heavy atom. The van der Waals surface area contributed by atoms with Gasteiger partial charge < -0.3 is 19.9 Å². The van der Waals surface area contributed by atoms with Crippen LogP contribution in [0.3, 0.4) is 0 Å². The van der Waals surface area contributed by atoms with Gasteiger partial charge in [0, 0.05) is 48.4 Å². The zero-order chi connectivity index (χ0) is 27.7. The van der Waals surface area contributed by atoms with Crippen LogP contribution in [0.5, 0.6) is 0 Å². The third-order valence-electron chi connectivity index (χ3n) is 6.61. The largest absolute Gasteiger partial charge is 0.495 e. The molecule has 0 unspecified atom stereocenters. The first-order chi connectivity index (χ1) is 17.9. The Morgan fingerprint density at radius 3 is 1.76 bits per heavy atom. The minimum Gasteiger partial charge on any atom is -0.399 e. The number of nitrogens with zero attached hydrogens (tertiary/aromatic N) is 2. The number of rotatable bonds is 3. The van der Waals surface area contributed by atoms with Crippen LogP contribution in [0.15, 0.2) is 60.9 Å². The summed E-state index contributed by atoms with van der Waals surface area (Å²) in [5.74, 6) is -0.206. The summed E-state index contributed by atoms with van der Waals surface area (Å²) in [4.78, 5) is 30.6. The number of benzene rings is 2. The fourth-order valence-electron chi connectivity index (χ4n) is 4.02. The molecule has 38 heavy (non-hydrogen) atoms. The number of carbonyl (C=O) groups is 2. The van der Waals surface area contributed by atoms with Crippen LogP contribution in [-0.2, 0) is 18.9 Å². The van der Waals surface area contributed by atoms with E-state index in [1.165, 1.54) is 13.8 Å². The number of carbonyl (C=O) groups excluding carboxylic acids is 2. The van der Waals surface area contributed by atoms with Gasteiger partial charge in [0.25, 0.3) is 0 Å². The zero-order valence-electron chi connectivity index (χ0n) is 22.3. The lowest BCUT2D eigenvalue weighted by molar-refractivity contribution is -0.115. The monoisotopic (exact) mass is 532 g/mol. The van der Waals surface area contributed by atoms with Gasteiger partial charge in [0.05, 0.1) is 27.3 Å². The molecule has 1 saturated heterocycles. The number of anilines is 2. The van der Waals surface area contributed by atoms with Crippen LogP contribution in [0.25, 0.3) is 21.8 Å². The topological polar surface area (TPSA) is 102 Å². The first-order valence-electron chi connectivity index (χ1n) is 12.2. The van der Waals surface area contributed by atoms with Crippen LogP contribution >= 0.6 is 11.6 Å². The van der Waals surface area contributed by atoms with Crippen LogP contribution < -0.4 is 16.1 Å². The van der Waals surface area contributed by atoms with Gasteiger partial charge in [0.1, 0.15) is 0 Å². The minimum absolute atomic E-state index is 0.101. The number of fused-ring (bicyclic) bond motifs is 2. The molecule has 5 rings (SSSR count). The summed E-state index contributed by atoms with van der Waals surface area (Å²) in [7, 11) is -0.433. The minimum atomic E-state index is -0.433. The molecule has 10 heteroatoms. The van der Waals surface area contributed by atoms with Crippen molar-refractivity contribution in [2.24, 2.45) is 0 Å². The predicted molar refractivity (Wildman–Crippen MR) is 153 cm³/mol. The maximum absolute atomic E-state index is 11.2. The Kier molecular flexibility index (Phi) is 7.74. The molecule has 2 amide bonds. The maximum atomic E-state index is 11.2. The van der Waals surface area contributed by atoms with E-state index in [-0.39, 0.29) is 23.0 Å². The molecule has 4 aromatic rings. The SMILES string of the molecule is CC(=O)Nc1ccc2c(B3OC(C)(C)C(C)(C)O3)ccnc2c1.CC(=O)Nc1ccc2c(Cl)ccnc2c1. The third kappa shape index (κ3) is 5.96. The van der Waals surface area contributed by atoms with Crippen molar-refractivity contribution < 1.29 is 18.9 Å². The van der Waals surface area contributed by atoms with E-state index < -0.39 is 7.12 Å². The Labute approximate surface area is 227 Å². The number of hydrogen-bond acceptors (Lipinski definition) is 6. The van der Waals surface area contributed by atoms with Gasteiger partial charge in [0.15, 0.2) is 0 Å². The average Bonchev–Trinajstić information content (AvgIpc) is 3.05. The van der Waals surface area contributed by atoms with Crippen molar-refractivity contribution in [1.29, 1.82) is 0 Å². The molecule has 0 saturated carbocycles. The van der Waals surface area contributed by atoms with Gasteiger partial charge in [0.2, 0.25) is 11.8 Å². The highest BCUT2D eigenvalue weighted by Crippen LogP contribution is 2.37. The van der Waals surface area contributed by atoms with Crippen molar-refractivity contribution in [3.63, 3.8) is 0 Å². The van der Waals surface area contributed by atoms with Crippen molar-refractivity contribution in [1.82, 2.24) is 9.97 Å². The molecule has 0 radical (unpaired) electrons. The van der Waals surface area contributed by atoms with Gasteiger partial charge >= 0.3 is 7.12 Å². The summed E-state index contributed by atoms with van der Waals surface area (Å²) in [6.07, 6.45) is 3.38. The predicted octanol–water partition coefficient (Wildman–Crippen LogP) is 5.34. The number of aromatic nitrogens is 2. The normalized spacial score (nSPS) is 15.6. The van der Waals surface area contributed by atoms with Crippen molar-refractivity contribution in [3.05, 3.63) is 65.9 Å². The Morgan fingerprint density at radius 1 is 0.763 bits per heavy atom. The van der Waals surface area contributed by atoms with Gasteiger partial charge in [-0.1, -0.05) is 17.7 Å². The second-order valence-corrected chi connectivity index (χ2v) is 10.5. The van der Waals surface area contributed by atoms with E-state index in [1.807, 2.05) is 58.0 Å². The molecule has 1 aliphatic rings. The van der Waals surface area contributed by atoms with Gasteiger partial charge in [-0.05, 0) is 75.6 Å². The number of amides is 2. The fraction of sp³-hybridized carbons (Fsp3) is 0.286. The molecule has 2 aromatic heterocycles. The van der Waals surface area contributed by atoms with E-state index in [0.29, 0.717) is 5.02 Å². The van der Waals surface area contributed by atoms with Crippen molar-refractivity contribution in [2.45, 2.75) is 52.7 Å². The van der Waals surface area contributed by atoms with Gasteiger partial charge in [-0.15, -0.1) is 0 Å². The van der Waals surface area contributed by atoms with E-state index in [0.717, 1.165) is 38.6 Å². The first-order valence-corrected chi connectivity index (χ1v) is 12.6. The lowest BCUT2D eigenvalue weighted by atomic mass is 9.77. The lowest BCUT2D eigenvalue weighted by Crippen LogP contribution is -2.41. The second-order valence-electron chi connectivity index (χ2n) is 10.1. The van der Waals surface area contributed by atoms with Gasteiger partial charge in [-0.2, -0.15) is 0 Å². The van der Waals surface area contributed by atoms with Crippen LogP contribution in [-0.4, -0.2) is 40.1 Å². The fourth-order valence-corrected chi connectivity index (χ4v) is 4.24. The standard InChI is InChI=1S/C17H21BN2O3.C11H9ClN2O/c1-11(21)20-12-6-7-13-14(8-9-19-15(13)10-12)18-22-16(2,3)17(4,5)23-18;1-7(15)14-8-2-3-9-10(12)4-5-13-11(9)6-8/h6-10H,1-5H3,(H,20,21);2-6H,1H3,(H,14,15). The molecule has 1 fully saturated rings. The quantitative estimate of drug-likeness (QED) is 0.345. The number of hydrogen-bond donors (Lipinski definition) is 2. The molecule has 1 aliphatic heterocycles. The molecule has 0 aliphatic carbocycles. The van der Waals surface area contributed by atoms with Crippen molar-refractivity contribution in [3.8, 4) is 0 Å². The molecule has 2 N–H and O–H groups in total. The molecule has 3 heterocycles. The zero-order valence-corrected chi connectivity index (χ0v) is 23.0. The molecule has 2 aromatic carbocycles. The Balaban J connectivity index is 0.000000194. The molecule has 196 valence electrons. The van der Waals surface area contributed by atoms with E-state index in [1.54, 1.807) is 30.6 Å². The first kappa shape index (κ1) is 27.5. The summed E-state index contributed by atoms with van der Waals surface area (Å²) in [5.41, 5.74) is 3.20. The van der Waals surface area contributed by atoms with Crippen LogP contribution in [0.1, 0.15) is 41.5 Å². The summed E-state index contributed by atoms with van der Waals surface area (Å²) in [5, 5.41) is 7.97. The highest BCUT2D eigenvalue weighted by atomic mass is 35.5. The highest BCUT2D eigenvalue weighted by molar-refractivity contribution is 6.65. The van der Waals surface area contributed by atoms with Crippen molar-refractivity contribution in [2.75, 3.05) is 10.6 Å². The highest BCUT2D eigenvalue weighted by Gasteiger charge is 2.52. The summed E-state index contributed by atoms with van der Waals surface area (Å²) in [6.45, 7) is 11.1. The lowest BCUT2D eigenvalue weighted by Gasteiger charge is -2.32. The Bertz CT molecular complexity index is 1510. The van der Waals surface area contributed by atoms with Gasteiger partial charge in [-0.25, -0.2) is 0 Å². The average molecular weight is 533 g/mol. The Hall–Kier alpha value is -3.53. The van der Waals surface area contributed by atoms with Crippen LogP contribution in [0, 0.1) is 0 Å². The maximum Gasteiger partial charge on any atom is 0.495 e. The van der Waals surface area contributed by atoms with Crippen LogP contribution in [0.4, 0.5) is 11.4 Å². The van der Waals surface area contributed by atoms with E-state index in [2.05, 4.69) is 20.6 Å². The summed E-state index contributed by atoms with van der Waals surface area (Å²) >= 11 is 5.99. The molecule has 0 bridgehead atoms. The molecule has 0 spiro atoms. The van der Waals surface area contributed by atoms with E-state index >= 15 is 0 Å². The van der Waals surface area contributed by atoms with Crippen molar-refractivity contribution >= 4 is 69.2 Å². The van der Waals surface area contributed by atoms with Crippen LogP contribution in [0.2, 0.25) is 5.02 Å². The second kappa shape index (κ2) is 10.7. The molecular formula is C28H30BClN4O4. The smallest absolute Gasteiger partial charge is 0.399 e. The van der Waals surface area contributed by atoms with E-state index in [9.17, 15) is 9.59 Å². The third-order valence-corrected chi connectivity index (χ3v) is 6.94. The molecular weight excluding hydrogens is 503 g/mol. The summed E-state index contributed by atoms with van der Waals surface area (Å²) < 4.78 is 12.3. The number of halogens is 1.